The minimum absolute atomic E-state index is 0.0388. The molecular weight excluding hydrogens is 399 g/mol. The predicted molar refractivity (Wildman–Crippen MR) is 105 cm³/mol. The number of aromatic carboxylic acids is 1. The Labute approximate surface area is 169 Å². The van der Waals surface area contributed by atoms with Crippen LogP contribution >= 0.6 is 10.8 Å². The zero-order chi connectivity index (χ0) is 20.5. The largest absolute Gasteiger partial charge is 0.589 e. The van der Waals surface area contributed by atoms with E-state index in [1.807, 2.05) is 0 Å². The topological polar surface area (TPSA) is 88.1 Å². The molecule has 0 spiro atoms. The number of carboxylic acids is 1. The van der Waals surface area contributed by atoms with E-state index < -0.39 is 27.4 Å². The SMILES string of the molecule is COc1cc2c(Oc3ccc(OC4CCCC4)cc3)c(C(=O)O)[s+]([O-])c2cc1F. The van der Waals surface area contributed by atoms with Crippen LogP contribution in [0.3, 0.4) is 0 Å². The first-order valence-corrected chi connectivity index (χ1v) is 10.3. The summed E-state index contributed by atoms with van der Waals surface area (Å²) in [5.41, 5.74) is 0. The second-order valence-electron chi connectivity index (χ2n) is 6.81. The van der Waals surface area contributed by atoms with Crippen molar-refractivity contribution in [2.45, 2.75) is 31.8 Å². The Hall–Kier alpha value is -2.84. The maximum Gasteiger partial charge on any atom is 0.393 e. The van der Waals surface area contributed by atoms with Crippen LogP contribution in [0.4, 0.5) is 4.39 Å². The van der Waals surface area contributed by atoms with Gasteiger partial charge in [-0.3, -0.25) is 0 Å². The Bertz CT molecular complexity index is 1050. The van der Waals surface area contributed by atoms with Gasteiger partial charge in [0.2, 0.25) is 5.75 Å². The third-order valence-electron chi connectivity index (χ3n) is 4.93. The van der Waals surface area contributed by atoms with Gasteiger partial charge in [-0.2, -0.15) is 0 Å². The van der Waals surface area contributed by atoms with Gasteiger partial charge in [0.1, 0.15) is 11.5 Å². The number of carbonyl (C=O) groups is 1. The molecule has 0 saturated heterocycles. The number of fused-ring (bicyclic) bond motifs is 1. The molecule has 8 heteroatoms. The lowest BCUT2D eigenvalue weighted by atomic mass is 10.2. The fourth-order valence-electron chi connectivity index (χ4n) is 3.52. The average molecular weight is 418 g/mol. The van der Waals surface area contributed by atoms with Crippen LogP contribution in [0.25, 0.3) is 10.1 Å². The van der Waals surface area contributed by atoms with E-state index in [4.69, 9.17) is 14.2 Å². The fourth-order valence-corrected chi connectivity index (χ4v) is 4.78. The molecule has 1 fully saturated rings. The van der Waals surface area contributed by atoms with Gasteiger partial charge in [0.05, 0.1) is 18.6 Å². The second-order valence-corrected chi connectivity index (χ2v) is 8.20. The van der Waals surface area contributed by atoms with Gasteiger partial charge in [-0.1, -0.05) is 0 Å². The summed E-state index contributed by atoms with van der Waals surface area (Å²) in [6.07, 6.45) is 4.62. The van der Waals surface area contributed by atoms with E-state index in [0.717, 1.165) is 18.9 Å². The number of rotatable bonds is 6. The summed E-state index contributed by atoms with van der Waals surface area (Å²) < 4.78 is 43.3. The molecule has 0 aliphatic heterocycles. The number of benzene rings is 2. The standard InChI is InChI=1S/C21H19FO6S/c1-26-17-10-15-18(11-16(17)22)29(25)20(21(23)24)19(15)28-14-8-6-13(7-9-14)27-12-4-2-3-5-12/h6-12H,2-5H2,1H3,(H,23,24). The van der Waals surface area contributed by atoms with Crippen LogP contribution in [0.15, 0.2) is 36.4 Å². The molecule has 1 atom stereocenters. The van der Waals surface area contributed by atoms with Crippen LogP contribution in [-0.4, -0.2) is 28.8 Å². The molecular formula is C21H19FO6S. The van der Waals surface area contributed by atoms with Gasteiger partial charge in [0.15, 0.2) is 16.3 Å². The molecule has 1 saturated carbocycles. The zero-order valence-electron chi connectivity index (χ0n) is 15.6. The van der Waals surface area contributed by atoms with Gasteiger partial charge in [0.25, 0.3) is 0 Å². The number of ether oxygens (including phenoxy) is 3. The highest BCUT2D eigenvalue weighted by Crippen LogP contribution is 2.47. The maximum absolute atomic E-state index is 14.0. The van der Waals surface area contributed by atoms with Crippen LogP contribution in [-0.2, 0) is 0 Å². The molecule has 1 aliphatic carbocycles. The Morgan fingerprint density at radius 3 is 2.45 bits per heavy atom. The van der Waals surface area contributed by atoms with E-state index in [1.165, 1.54) is 26.0 Å². The third-order valence-corrected chi connectivity index (χ3v) is 6.40. The Morgan fingerprint density at radius 2 is 1.83 bits per heavy atom. The van der Waals surface area contributed by atoms with E-state index in [2.05, 4.69) is 0 Å². The molecule has 1 unspecified atom stereocenters. The summed E-state index contributed by atoms with van der Waals surface area (Å²) in [7, 11) is -0.769. The molecule has 152 valence electrons. The number of carboxylic acid groups (broad SMARTS) is 1. The van der Waals surface area contributed by atoms with Crippen LogP contribution in [0.1, 0.15) is 35.4 Å². The minimum atomic E-state index is -2.06. The lowest BCUT2D eigenvalue weighted by Gasteiger charge is -2.13. The summed E-state index contributed by atoms with van der Waals surface area (Å²) in [4.78, 5) is 11.3. The minimum Gasteiger partial charge on any atom is -0.589 e. The van der Waals surface area contributed by atoms with Crippen LogP contribution in [0, 0.1) is 5.82 Å². The number of methoxy groups -OCH3 is 1. The van der Waals surface area contributed by atoms with Gasteiger partial charge in [0, 0.05) is 6.07 Å². The van der Waals surface area contributed by atoms with Crippen LogP contribution in [0.5, 0.6) is 23.0 Å². The van der Waals surface area contributed by atoms with E-state index in [1.54, 1.807) is 24.3 Å². The maximum atomic E-state index is 14.0. The summed E-state index contributed by atoms with van der Waals surface area (Å²) in [5.74, 6) is -1.24. The van der Waals surface area contributed by atoms with Crippen molar-refractivity contribution < 1.29 is 33.1 Å². The molecule has 0 bridgehead atoms. The highest BCUT2D eigenvalue weighted by Gasteiger charge is 2.32. The molecule has 1 heterocycles. The fraction of sp³-hybridized carbons (Fsp3) is 0.286. The Kier molecular flexibility index (Phi) is 5.29. The van der Waals surface area contributed by atoms with E-state index in [9.17, 15) is 18.8 Å². The van der Waals surface area contributed by atoms with Crippen molar-refractivity contribution in [2.24, 2.45) is 0 Å². The third kappa shape index (κ3) is 3.73. The number of halogens is 1. The molecule has 0 radical (unpaired) electrons. The number of hydrogen-bond acceptors (Lipinski definition) is 5. The lowest BCUT2D eigenvalue weighted by Crippen LogP contribution is -2.10. The van der Waals surface area contributed by atoms with E-state index in [0.29, 0.717) is 11.5 Å². The second kappa shape index (κ2) is 7.88. The lowest BCUT2D eigenvalue weighted by molar-refractivity contribution is 0.0699. The molecule has 0 amide bonds. The van der Waals surface area contributed by atoms with Gasteiger partial charge >= 0.3 is 10.8 Å². The summed E-state index contributed by atoms with van der Waals surface area (Å²) in [6.45, 7) is 0. The summed E-state index contributed by atoms with van der Waals surface area (Å²) in [5, 5.41) is 9.75. The molecule has 2 aromatic carbocycles. The van der Waals surface area contributed by atoms with Crippen LogP contribution < -0.4 is 14.2 Å². The van der Waals surface area contributed by atoms with E-state index >= 15 is 0 Å². The Balaban J connectivity index is 1.69. The van der Waals surface area contributed by atoms with E-state index in [-0.39, 0.29) is 27.7 Å². The number of hydrogen-bond donors (Lipinski definition) is 1. The van der Waals surface area contributed by atoms with Gasteiger partial charge in [-0.25, -0.2) is 9.18 Å². The first kappa shape index (κ1) is 19.5. The molecule has 1 aliphatic rings. The Morgan fingerprint density at radius 1 is 1.17 bits per heavy atom. The average Bonchev–Trinajstić information content (AvgIpc) is 3.29. The normalized spacial score (nSPS) is 14.9. The van der Waals surface area contributed by atoms with Crippen molar-refractivity contribution in [2.75, 3.05) is 7.11 Å². The van der Waals surface area contributed by atoms with Crippen molar-refractivity contribution >= 4 is 26.8 Å². The van der Waals surface area contributed by atoms with Crippen LogP contribution in [0.2, 0.25) is 0 Å². The van der Waals surface area contributed by atoms with Crippen molar-refractivity contribution in [3.63, 3.8) is 0 Å². The summed E-state index contributed by atoms with van der Waals surface area (Å²) >= 11 is 0. The zero-order valence-corrected chi connectivity index (χ0v) is 16.5. The van der Waals surface area contributed by atoms with Crippen molar-refractivity contribution in [3.05, 3.63) is 47.1 Å². The summed E-state index contributed by atoms with van der Waals surface area (Å²) in [6, 6.07) is 9.10. The van der Waals surface area contributed by atoms with Crippen molar-refractivity contribution in [3.8, 4) is 23.0 Å². The molecule has 6 nitrogen and oxygen atoms in total. The molecule has 1 N–H and O–H groups in total. The monoisotopic (exact) mass is 418 g/mol. The van der Waals surface area contributed by atoms with Gasteiger partial charge < -0.3 is 23.9 Å². The molecule has 3 aromatic rings. The first-order valence-electron chi connectivity index (χ1n) is 9.19. The van der Waals surface area contributed by atoms with Crippen molar-refractivity contribution in [1.29, 1.82) is 0 Å². The number of thiophene rings is 1. The highest BCUT2D eigenvalue weighted by atomic mass is 32.2. The first-order chi connectivity index (χ1) is 14.0. The van der Waals surface area contributed by atoms with Crippen molar-refractivity contribution in [1.82, 2.24) is 0 Å². The van der Waals surface area contributed by atoms with Gasteiger partial charge in [-0.05, 0) is 66.8 Å². The quantitative estimate of drug-likeness (QED) is 0.530. The highest BCUT2D eigenvalue weighted by molar-refractivity contribution is 7.33. The predicted octanol–water partition coefficient (Wildman–Crippen LogP) is 5.53. The molecule has 1 aromatic heterocycles. The molecule has 29 heavy (non-hydrogen) atoms. The smallest absolute Gasteiger partial charge is 0.393 e. The molecule has 4 rings (SSSR count). The van der Waals surface area contributed by atoms with Gasteiger partial charge in [-0.15, -0.1) is 0 Å².